The van der Waals surface area contributed by atoms with Crippen molar-refractivity contribution in [2.75, 3.05) is 41.6 Å². The summed E-state index contributed by atoms with van der Waals surface area (Å²) in [4.78, 5) is 17.1. The Labute approximate surface area is 184 Å². The van der Waals surface area contributed by atoms with Crippen LogP contribution in [0.4, 0.5) is 11.4 Å². The van der Waals surface area contributed by atoms with Gasteiger partial charge in [0.25, 0.3) is 0 Å². The third kappa shape index (κ3) is 5.08. The quantitative estimate of drug-likeness (QED) is 0.701. The van der Waals surface area contributed by atoms with E-state index in [0.29, 0.717) is 36.9 Å². The number of benzene rings is 2. The van der Waals surface area contributed by atoms with Crippen LogP contribution in [0.3, 0.4) is 0 Å². The number of anilines is 2. The molecule has 0 bridgehead atoms. The standard InChI is InChI=1S/C22H28ClN3O3S/c1-16-12-17(2)14-21(13-16)26(30(4,28)29)18(3)22(27)25-10-8-24(9-11-25)20-7-5-6-19(23)15-20/h5-7,12-15,18H,8-11H2,1-4H3. The molecule has 0 saturated carbocycles. The van der Waals surface area contributed by atoms with Gasteiger partial charge in [0.05, 0.1) is 11.9 Å². The second kappa shape index (κ2) is 8.86. The van der Waals surface area contributed by atoms with Crippen molar-refractivity contribution in [1.29, 1.82) is 0 Å². The Morgan fingerprint density at radius 2 is 1.63 bits per heavy atom. The molecule has 1 unspecified atom stereocenters. The fourth-order valence-electron chi connectivity index (χ4n) is 4.00. The third-order valence-corrected chi connectivity index (χ3v) is 6.77. The molecule has 1 heterocycles. The van der Waals surface area contributed by atoms with E-state index >= 15 is 0 Å². The van der Waals surface area contributed by atoms with Gasteiger partial charge >= 0.3 is 0 Å². The molecule has 30 heavy (non-hydrogen) atoms. The molecular formula is C22H28ClN3O3S. The Bertz CT molecular complexity index is 1010. The molecule has 1 atom stereocenters. The lowest BCUT2D eigenvalue weighted by atomic mass is 10.1. The molecule has 0 aromatic heterocycles. The van der Waals surface area contributed by atoms with Gasteiger partial charge in [-0.1, -0.05) is 23.7 Å². The highest BCUT2D eigenvalue weighted by molar-refractivity contribution is 7.92. The van der Waals surface area contributed by atoms with E-state index in [1.165, 1.54) is 4.31 Å². The zero-order chi connectivity index (χ0) is 22.1. The van der Waals surface area contributed by atoms with E-state index in [1.807, 2.05) is 44.2 Å². The highest BCUT2D eigenvalue weighted by Gasteiger charge is 2.33. The number of rotatable bonds is 5. The number of nitrogens with zero attached hydrogens (tertiary/aromatic N) is 3. The fraction of sp³-hybridized carbons (Fsp3) is 0.409. The minimum absolute atomic E-state index is 0.190. The molecule has 162 valence electrons. The minimum atomic E-state index is -3.63. The first-order valence-electron chi connectivity index (χ1n) is 9.93. The average Bonchev–Trinajstić information content (AvgIpc) is 2.65. The molecule has 6 nitrogen and oxygen atoms in total. The van der Waals surface area contributed by atoms with E-state index in [4.69, 9.17) is 11.6 Å². The highest BCUT2D eigenvalue weighted by atomic mass is 35.5. The summed E-state index contributed by atoms with van der Waals surface area (Å²) in [6.07, 6.45) is 1.14. The second-order valence-corrected chi connectivity index (χ2v) is 10.2. The number of hydrogen-bond donors (Lipinski definition) is 0. The smallest absolute Gasteiger partial charge is 0.246 e. The number of sulfonamides is 1. The number of hydrogen-bond acceptors (Lipinski definition) is 4. The van der Waals surface area contributed by atoms with E-state index in [2.05, 4.69) is 4.90 Å². The summed E-state index contributed by atoms with van der Waals surface area (Å²) in [5.74, 6) is -0.190. The summed E-state index contributed by atoms with van der Waals surface area (Å²) in [5.41, 5.74) is 3.45. The lowest BCUT2D eigenvalue weighted by molar-refractivity contribution is -0.132. The molecule has 1 aliphatic heterocycles. The molecule has 0 N–H and O–H groups in total. The summed E-state index contributed by atoms with van der Waals surface area (Å²) in [6, 6.07) is 12.4. The van der Waals surface area contributed by atoms with Crippen molar-refractivity contribution in [2.45, 2.75) is 26.8 Å². The van der Waals surface area contributed by atoms with Gasteiger partial charge in [-0.3, -0.25) is 9.10 Å². The van der Waals surface area contributed by atoms with Gasteiger partial charge in [0.1, 0.15) is 6.04 Å². The summed E-state index contributed by atoms with van der Waals surface area (Å²) in [5, 5.41) is 0.678. The molecule has 8 heteroatoms. The number of halogens is 1. The molecule has 3 rings (SSSR count). The van der Waals surface area contributed by atoms with E-state index in [1.54, 1.807) is 24.0 Å². The van der Waals surface area contributed by atoms with Gasteiger partial charge in [0.15, 0.2) is 0 Å². The topological polar surface area (TPSA) is 60.9 Å². The van der Waals surface area contributed by atoms with Gasteiger partial charge in [0, 0.05) is 36.9 Å². The van der Waals surface area contributed by atoms with Crippen molar-refractivity contribution in [3.63, 3.8) is 0 Å². The molecule has 1 aliphatic rings. The third-order valence-electron chi connectivity index (χ3n) is 5.29. The van der Waals surface area contributed by atoms with Gasteiger partial charge < -0.3 is 9.80 Å². The van der Waals surface area contributed by atoms with Crippen molar-refractivity contribution in [1.82, 2.24) is 4.90 Å². The normalized spacial score (nSPS) is 15.8. The van der Waals surface area contributed by atoms with Crippen LogP contribution in [0.5, 0.6) is 0 Å². The van der Waals surface area contributed by atoms with Crippen LogP contribution in [-0.2, 0) is 14.8 Å². The summed E-state index contributed by atoms with van der Waals surface area (Å²) >= 11 is 6.09. The summed E-state index contributed by atoms with van der Waals surface area (Å²) < 4.78 is 26.4. The van der Waals surface area contributed by atoms with Crippen molar-refractivity contribution in [2.24, 2.45) is 0 Å². The maximum absolute atomic E-state index is 13.2. The van der Waals surface area contributed by atoms with Crippen LogP contribution < -0.4 is 9.21 Å². The van der Waals surface area contributed by atoms with Gasteiger partial charge in [-0.2, -0.15) is 0 Å². The van der Waals surface area contributed by atoms with Gasteiger partial charge in [0.2, 0.25) is 15.9 Å². The van der Waals surface area contributed by atoms with Gasteiger partial charge in [-0.25, -0.2) is 8.42 Å². The SMILES string of the molecule is Cc1cc(C)cc(N(C(C)C(=O)N2CCN(c3cccc(Cl)c3)CC2)S(C)(=O)=O)c1. The van der Waals surface area contributed by atoms with Crippen LogP contribution in [-0.4, -0.2) is 57.7 Å². The van der Waals surface area contributed by atoms with E-state index < -0.39 is 16.1 Å². The predicted molar refractivity (Wildman–Crippen MR) is 123 cm³/mol. The second-order valence-electron chi connectivity index (χ2n) is 7.87. The molecule has 0 aliphatic carbocycles. The van der Waals surface area contributed by atoms with Crippen molar-refractivity contribution >= 4 is 38.9 Å². The zero-order valence-corrected chi connectivity index (χ0v) is 19.4. The number of piperazine rings is 1. The maximum Gasteiger partial charge on any atom is 0.246 e. The van der Waals surface area contributed by atoms with E-state index in [0.717, 1.165) is 23.1 Å². The molecule has 0 radical (unpaired) electrons. The number of aryl methyl sites for hydroxylation is 2. The van der Waals surface area contributed by atoms with Crippen LogP contribution in [0.25, 0.3) is 0 Å². The maximum atomic E-state index is 13.2. The first-order chi connectivity index (χ1) is 14.1. The van der Waals surface area contributed by atoms with Crippen molar-refractivity contribution < 1.29 is 13.2 Å². The Kier molecular flexibility index (Phi) is 6.62. The monoisotopic (exact) mass is 449 g/mol. The molecule has 2 aromatic carbocycles. The van der Waals surface area contributed by atoms with Crippen LogP contribution in [0.15, 0.2) is 42.5 Å². The highest BCUT2D eigenvalue weighted by Crippen LogP contribution is 2.26. The Balaban J connectivity index is 1.76. The number of carbonyl (C=O) groups is 1. The van der Waals surface area contributed by atoms with Crippen LogP contribution >= 0.6 is 11.6 Å². The van der Waals surface area contributed by atoms with Crippen LogP contribution in [0.1, 0.15) is 18.1 Å². The molecule has 2 aromatic rings. The molecule has 1 saturated heterocycles. The zero-order valence-electron chi connectivity index (χ0n) is 17.8. The molecule has 0 spiro atoms. The van der Waals surface area contributed by atoms with E-state index in [-0.39, 0.29) is 5.91 Å². The Morgan fingerprint density at radius 1 is 1.03 bits per heavy atom. The summed E-state index contributed by atoms with van der Waals surface area (Å²) in [7, 11) is -3.63. The number of carbonyl (C=O) groups excluding carboxylic acids is 1. The predicted octanol–water partition coefficient (Wildman–Crippen LogP) is 3.46. The van der Waals surface area contributed by atoms with Crippen LogP contribution in [0, 0.1) is 13.8 Å². The summed E-state index contributed by atoms with van der Waals surface area (Å²) in [6.45, 7) is 7.88. The molecule has 1 fully saturated rings. The Morgan fingerprint density at radius 3 is 2.17 bits per heavy atom. The first kappa shape index (κ1) is 22.4. The average molecular weight is 450 g/mol. The molecular weight excluding hydrogens is 422 g/mol. The Hall–Kier alpha value is -2.25. The number of amides is 1. The molecule has 1 amide bonds. The minimum Gasteiger partial charge on any atom is -0.368 e. The lowest BCUT2D eigenvalue weighted by Gasteiger charge is -2.39. The van der Waals surface area contributed by atoms with Crippen molar-refractivity contribution in [3.8, 4) is 0 Å². The van der Waals surface area contributed by atoms with Crippen molar-refractivity contribution in [3.05, 3.63) is 58.6 Å². The first-order valence-corrected chi connectivity index (χ1v) is 12.2. The lowest BCUT2D eigenvalue weighted by Crippen LogP contribution is -2.55. The van der Waals surface area contributed by atoms with Crippen LogP contribution in [0.2, 0.25) is 5.02 Å². The van der Waals surface area contributed by atoms with E-state index in [9.17, 15) is 13.2 Å². The van der Waals surface area contributed by atoms with Gasteiger partial charge in [-0.05, 0) is 62.2 Å². The van der Waals surface area contributed by atoms with Gasteiger partial charge in [-0.15, -0.1) is 0 Å². The largest absolute Gasteiger partial charge is 0.368 e. The fourth-order valence-corrected chi connectivity index (χ4v) is 5.34.